The number of ketones is 1. The third-order valence-corrected chi connectivity index (χ3v) is 5.14. The van der Waals surface area contributed by atoms with E-state index in [1.54, 1.807) is 6.92 Å². The third kappa shape index (κ3) is 2.44. The summed E-state index contributed by atoms with van der Waals surface area (Å²) in [5.41, 5.74) is 3.61. The van der Waals surface area contributed by atoms with Gasteiger partial charge in [-0.15, -0.1) is 0 Å². The summed E-state index contributed by atoms with van der Waals surface area (Å²) in [7, 11) is 0. The fourth-order valence-corrected chi connectivity index (χ4v) is 3.88. The predicted octanol–water partition coefficient (Wildman–Crippen LogP) is 4.71. The number of nitrogens with zero attached hydrogens (tertiary/aromatic N) is 1. The van der Waals surface area contributed by atoms with Crippen molar-refractivity contribution in [1.82, 2.24) is 4.98 Å². The Morgan fingerprint density at radius 1 is 1.00 bits per heavy atom. The minimum absolute atomic E-state index is 0.145. The van der Waals surface area contributed by atoms with Gasteiger partial charge in [-0.3, -0.25) is 9.78 Å². The SMILES string of the molecule is CC(=O)C1CC(c2ccc3ncccc3c2)C1c1ccccc1. The van der Waals surface area contributed by atoms with Gasteiger partial charge in [0, 0.05) is 23.4 Å². The number of aromatic nitrogens is 1. The van der Waals surface area contributed by atoms with Gasteiger partial charge in [0.15, 0.2) is 0 Å². The molecule has 1 aromatic heterocycles. The minimum Gasteiger partial charge on any atom is -0.300 e. The molecule has 1 saturated carbocycles. The highest BCUT2D eigenvalue weighted by molar-refractivity contribution is 5.82. The van der Waals surface area contributed by atoms with E-state index in [0.29, 0.717) is 17.6 Å². The molecule has 3 atom stereocenters. The van der Waals surface area contributed by atoms with Crippen LogP contribution in [0.15, 0.2) is 66.9 Å². The van der Waals surface area contributed by atoms with Crippen LogP contribution in [0.1, 0.15) is 36.3 Å². The number of hydrogen-bond acceptors (Lipinski definition) is 2. The maximum absolute atomic E-state index is 12.0. The second kappa shape index (κ2) is 5.62. The van der Waals surface area contributed by atoms with Crippen LogP contribution in [0.5, 0.6) is 0 Å². The van der Waals surface area contributed by atoms with E-state index in [-0.39, 0.29) is 5.92 Å². The molecule has 1 aliphatic rings. The molecule has 2 heteroatoms. The summed E-state index contributed by atoms with van der Waals surface area (Å²) in [5, 5.41) is 1.17. The fraction of sp³-hybridized carbons (Fsp3) is 0.238. The lowest BCUT2D eigenvalue weighted by molar-refractivity contribution is -0.124. The highest BCUT2D eigenvalue weighted by atomic mass is 16.1. The molecular weight excluding hydrogens is 282 g/mol. The van der Waals surface area contributed by atoms with E-state index in [1.165, 1.54) is 16.5 Å². The highest BCUT2D eigenvalue weighted by Gasteiger charge is 2.44. The van der Waals surface area contributed by atoms with Crippen LogP contribution in [0.25, 0.3) is 10.9 Å². The van der Waals surface area contributed by atoms with E-state index >= 15 is 0 Å². The summed E-state index contributed by atoms with van der Waals surface area (Å²) in [4.78, 5) is 16.4. The van der Waals surface area contributed by atoms with Crippen molar-refractivity contribution < 1.29 is 4.79 Å². The highest BCUT2D eigenvalue weighted by Crippen LogP contribution is 2.53. The van der Waals surface area contributed by atoms with Gasteiger partial charge in [-0.2, -0.15) is 0 Å². The van der Waals surface area contributed by atoms with Crippen molar-refractivity contribution in [2.24, 2.45) is 5.92 Å². The van der Waals surface area contributed by atoms with Crippen molar-refractivity contribution in [3.8, 4) is 0 Å². The molecule has 0 saturated heterocycles. The number of pyridine rings is 1. The largest absolute Gasteiger partial charge is 0.300 e. The molecule has 114 valence electrons. The van der Waals surface area contributed by atoms with Crippen LogP contribution in [0.2, 0.25) is 0 Å². The molecule has 1 aliphatic carbocycles. The third-order valence-electron chi connectivity index (χ3n) is 5.14. The van der Waals surface area contributed by atoms with Crippen molar-refractivity contribution in [3.63, 3.8) is 0 Å². The van der Waals surface area contributed by atoms with E-state index in [0.717, 1.165) is 11.9 Å². The van der Waals surface area contributed by atoms with E-state index < -0.39 is 0 Å². The summed E-state index contributed by atoms with van der Waals surface area (Å²) in [6.45, 7) is 1.72. The smallest absolute Gasteiger partial charge is 0.133 e. The second-order valence-electron chi connectivity index (χ2n) is 6.45. The minimum atomic E-state index is 0.145. The first-order chi connectivity index (χ1) is 11.2. The zero-order valence-corrected chi connectivity index (χ0v) is 13.1. The molecule has 3 unspecified atom stereocenters. The Morgan fingerprint density at radius 2 is 1.83 bits per heavy atom. The predicted molar refractivity (Wildman–Crippen MR) is 92.5 cm³/mol. The zero-order chi connectivity index (χ0) is 15.8. The Hall–Kier alpha value is -2.48. The standard InChI is InChI=1S/C21H19NO/c1-14(23)18-13-19(21(18)15-6-3-2-4-7-15)16-9-10-20-17(12-16)8-5-11-22-20/h2-12,18-19,21H,13H2,1H3. The summed E-state index contributed by atoms with van der Waals surface area (Å²) in [6.07, 6.45) is 2.77. The summed E-state index contributed by atoms with van der Waals surface area (Å²) in [5.74, 6) is 1.16. The van der Waals surface area contributed by atoms with Crippen molar-refractivity contribution in [1.29, 1.82) is 0 Å². The molecule has 0 spiro atoms. The molecule has 2 aromatic carbocycles. The first-order valence-electron chi connectivity index (χ1n) is 8.14. The molecule has 2 nitrogen and oxygen atoms in total. The number of hydrogen-bond donors (Lipinski definition) is 0. The summed E-state index contributed by atoms with van der Waals surface area (Å²) in [6, 6.07) is 21.0. The average molecular weight is 301 g/mol. The lowest BCUT2D eigenvalue weighted by Gasteiger charge is -2.44. The van der Waals surface area contributed by atoms with Gasteiger partial charge in [0.2, 0.25) is 0 Å². The molecule has 0 amide bonds. The van der Waals surface area contributed by atoms with Crippen molar-refractivity contribution in [2.45, 2.75) is 25.2 Å². The lowest BCUT2D eigenvalue weighted by Crippen LogP contribution is -2.37. The van der Waals surface area contributed by atoms with Gasteiger partial charge in [-0.05, 0) is 48.6 Å². The van der Waals surface area contributed by atoms with Gasteiger partial charge in [-0.1, -0.05) is 42.5 Å². The molecule has 1 fully saturated rings. The quantitative estimate of drug-likeness (QED) is 0.701. The molecule has 23 heavy (non-hydrogen) atoms. The molecular formula is C21H19NO. The van der Waals surface area contributed by atoms with Gasteiger partial charge in [0.25, 0.3) is 0 Å². The van der Waals surface area contributed by atoms with E-state index in [4.69, 9.17) is 0 Å². The summed E-state index contributed by atoms with van der Waals surface area (Å²) < 4.78 is 0. The second-order valence-corrected chi connectivity index (χ2v) is 6.45. The molecule has 0 bridgehead atoms. The van der Waals surface area contributed by atoms with Crippen LogP contribution >= 0.6 is 0 Å². The van der Waals surface area contributed by atoms with Gasteiger partial charge >= 0.3 is 0 Å². The molecule has 0 aliphatic heterocycles. The molecule has 1 heterocycles. The maximum atomic E-state index is 12.0. The van der Waals surface area contributed by atoms with Crippen LogP contribution in [-0.2, 0) is 4.79 Å². The van der Waals surface area contributed by atoms with Crippen LogP contribution in [0.3, 0.4) is 0 Å². The molecule has 0 radical (unpaired) electrons. The number of Topliss-reactive ketones (excluding diaryl/α,β-unsaturated/α-hetero) is 1. The van der Waals surface area contributed by atoms with Crippen molar-refractivity contribution >= 4 is 16.7 Å². The first-order valence-corrected chi connectivity index (χ1v) is 8.14. The summed E-state index contributed by atoms with van der Waals surface area (Å²) >= 11 is 0. The van der Waals surface area contributed by atoms with Crippen LogP contribution in [0.4, 0.5) is 0 Å². The number of carbonyl (C=O) groups excluding carboxylic acids is 1. The Balaban J connectivity index is 1.73. The normalized spacial score (nSPS) is 23.4. The topological polar surface area (TPSA) is 30.0 Å². The van der Waals surface area contributed by atoms with Gasteiger partial charge in [0.05, 0.1) is 5.52 Å². The van der Waals surface area contributed by atoms with Gasteiger partial charge in [-0.25, -0.2) is 0 Å². The van der Waals surface area contributed by atoms with E-state index in [1.807, 2.05) is 18.3 Å². The Kier molecular flexibility index (Phi) is 3.45. The molecule has 0 N–H and O–H groups in total. The average Bonchev–Trinajstić information content (AvgIpc) is 2.54. The van der Waals surface area contributed by atoms with Crippen molar-refractivity contribution in [2.75, 3.05) is 0 Å². The Morgan fingerprint density at radius 3 is 2.61 bits per heavy atom. The van der Waals surface area contributed by atoms with Crippen LogP contribution in [-0.4, -0.2) is 10.8 Å². The fourth-order valence-electron chi connectivity index (χ4n) is 3.88. The number of carbonyl (C=O) groups is 1. The van der Waals surface area contributed by atoms with Gasteiger partial charge < -0.3 is 0 Å². The number of benzene rings is 2. The van der Waals surface area contributed by atoms with Gasteiger partial charge in [0.1, 0.15) is 5.78 Å². The molecule has 4 rings (SSSR count). The monoisotopic (exact) mass is 301 g/mol. The molecule has 3 aromatic rings. The first kappa shape index (κ1) is 14.1. The van der Waals surface area contributed by atoms with E-state index in [9.17, 15) is 4.79 Å². The number of fused-ring (bicyclic) bond motifs is 1. The Labute approximate surface area is 136 Å². The number of rotatable bonds is 3. The van der Waals surface area contributed by atoms with Crippen molar-refractivity contribution in [3.05, 3.63) is 78.0 Å². The van der Waals surface area contributed by atoms with E-state index in [2.05, 4.69) is 53.5 Å². The lowest BCUT2D eigenvalue weighted by atomic mass is 9.58. The maximum Gasteiger partial charge on any atom is 0.133 e. The van der Waals surface area contributed by atoms with Crippen LogP contribution < -0.4 is 0 Å². The Bertz CT molecular complexity index is 856. The zero-order valence-electron chi connectivity index (χ0n) is 13.1. The van der Waals surface area contributed by atoms with Crippen LogP contribution in [0, 0.1) is 5.92 Å².